The normalized spacial score (nSPS) is 23.7. The maximum Gasteiger partial charge on any atom is 0.254 e. The Labute approximate surface area is 155 Å². The molecule has 0 bridgehead atoms. The molecule has 1 saturated carbocycles. The molecule has 1 spiro atoms. The summed E-state index contributed by atoms with van der Waals surface area (Å²) < 4.78 is 6.05. The van der Waals surface area contributed by atoms with Crippen LogP contribution < -0.4 is 5.32 Å². The van der Waals surface area contributed by atoms with Crippen molar-refractivity contribution in [3.05, 3.63) is 35.4 Å². The van der Waals surface area contributed by atoms with E-state index in [0.29, 0.717) is 37.9 Å². The van der Waals surface area contributed by atoms with E-state index in [1.807, 2.05) is 36.1 Å². The van der Waals surface area contributed by atoms with Crippen LogP contribution in [-0.4, -0.2) is 48.6 Å². The molecule has 3 fully saturated rings. The van der Waals surface area contributed by atoms with Crippen molar-refractivity contribution in [2.24, 2.45) is 11.8 Å². The second kappa shape index (κ2) is 7.03. The molecule has 4 rings (SSSR count). The number of hydrogen-bond acceptors (Lipinski definition) is 3. The number of ether oxygens (including phenoxy) is 1. The first-order valence-electron chi connectivity index (χ1n) is 9.82. The van der Waals surface area contributed by atoms with E-state index >= 15 is 0 Å². The van der Waals surface area contributed by atoms with Crippen molar-refractivity contribution in [1.29, 1.82) is 0 Å². The van der Waals surface area contributed by atoms with Crippen LogP contribution in [0.2, 0.25) is 0 Å². The number of carbonyl (C=O) groups is 2. The maximum atomic E-state index is 12.7. The van der Waals surface area contributed by atoms with E-state index in [-0.39, 0.29) is 17.4 Å². The number of rotatable bonds is 6. The zero-order chi connectivity index (χ0) is 18.1. The number of benzene rings is 1. The van der Waals surface area contributed by atoms with Crippen LogP contribution in [-0.2, 0) is 9.53 Å². The van der Waals surface area contributed by atoms with Gasteiger partial charge in [-0.25, -0.2) is 0 Å². The summed E-state index contributed by atoms with van der Waals surface area (Å²) in [7, 11) is 0. The average Bonchev–Trinajstić information content (AvgIpc) is 3.29. The third-order valence-corrected chi connectivity index (χ3v) is 6.06. The first kappa shape index (κ1) is 17.5. The van der Waals surface area contributed by atoms with Gasteiger partial charge in [-0.3, -0.25) is 9.59 Å². The van der Waals surface area contributed by atoms with Gasteiger partial charge in [0, 0.05) is 25.1 Å². The Morgan fingerprint density at radius 3 is 2.81 bits per heavy atom. The molecule has 2 aliphatic heterocycles. The fraction of sp³-hybridized carbons (Fsp3) is 0.619. The number of likely N-dealkylation sites (tertiary alicyclic amines) is 1. The molecule has 1 atom stereocenters. The molecule has 1 unspecified atom stereocenters. The molecule has 26 heavy (non-hydrogen) atoms. The summed E-state index contributed by atoms with van der Waals surface area (Å²) in [6, 6.07) is 7.75. The van der Waals surface area contributed by atoms with E-state index in [9.17, 15) is 9.59 Å². The van der Waals surface area contributed by atoms with Crippen LogP contribution in [0.4, 0.5) is 0 Å². The van der Waals surface area contributed by atoms with Gasteiger partial charge in [-0.2, -0.15) is 0 Å². The van der Waals surface area contributed by atoms with Crippen molar-refractivity contribution < 1.29 is 14.3 Å². The largest absolute Gasteiger partial charge is 0.371 e. The molecule has 2 saturated heterocycles. The zero-order valence-corrected chi connectivity index (χ0v) is 15.5. The molecule has 140 valence electrons. The van der Waals surface area contributed by atoms with E-state index in [2.05, 4.69) is 5.32 Å². The number of amides is 2. The van der Waals surface area contributed by atoms with E-state index in [1.54, 1.807) is 0 Å². The first-order valence-corrected chi connectivity index (χ1v) is 9.82. The lowest BCUT2D eigenvalue weighted by Gasteiger charge is -2.50. The predicted octanol–water partition coefficient (Wildman–Crippen LogP) is 2.53. The maximum absolute atomic E-state index is 12.7. The standard InChI is InChI=1S/C21H28N2O3/c1-15-3-2-4-17(11-15)20(25)23-13-21(14-23)18(8-10-26-21)7-9-22-19(24)12-16-5-6-16/h2-4,11,16,18H,5-10,12-14H2,1H3,(H,22,24). The van der Waals surface area contributed by atoms with Gasteiger partial charge in [-0.05, 0) is 56.6 Å². The predicted molar refractivity (Wildman–Crippen MR) is 98.8 cm³/mol. The number of carbonyl (C=O) groups excluding carboxylic acids is 2. The summed E-state index contributed by atoms with van der Waals surface area (Å²) in [5, 5.41) is 3.06. The first-order chi connectivity index (χ1) is 12.6. The van der Waals surface area contributed by atoms with Crippen LogP contribution >= 0.6 is 0 Å². The van der Waals surface area contributed by atoms with Crippen molar-refractivity contribution in [2.45, 2.75) is 44.6 Å². The molecule has 0 radical (unpaired) electrons. The van der Waals surface area contributed by atoms with Crippen LogP contribution in [0.5, 0.6) is 0 Å². The summed E-state index contributed by atoms with van der Waals surface area (Å²) in [4.78, 5) is 26.4. The molecule has 0 aromatic heterocycles. The Hall–Kier alpha value is -1.88. The topological polar surface area (TPSA) is 58.6 Å². The molecular formula is C21H28N2O3. The molecular weight excluding hydrogens is 328 g/mol. The van der Waals surface area contributed by atoms with Crippen LogP contribution in [0, 0.1) is 18.8 Å². The van der Waals surface area contributed by atoms with Crippen molar-refractivity contribution >= 4 is 11.8 Å². The van der Waals surface area contributed by atoms with Crippen molar-refractivity contribution in [3.8, 4) is 0 Å². The van der Waals surface area contributed by atoms with Crippen molar-refractivity contribution in [3.63, 3.8) is 0 Å². The summed E-state index contributed by atoms with van der Waals surface area (Å²) in [6.45, 7) is 4.81. The molecule has 2 amide bonds. The fourth-order valence-electron chi connectivity index (χ4n) is 4.29. The van der Waals surface area contributed by atoms with Crippen LogP contribution in [0.1, 0.15) is 48.0 Å². The Morgan fingerprint density at radius 2 is 2.08 bits per heavy atom. The van der Waals surface area contributed by atoms with Gasteiger partial charge in [0.2, 0.25) is 5.91 Å². The summed E-state index contributed by atoms with van der Waals surface area (Å²) in [5.41, 5.74) is 1.66. The number of nitrogens with one attached hydrogen (secondary N) is 1. The minimum atomic E-state index is -0.194. The summed E-state index contributed by atoms with van der Waals surface area (Å²) in [6.07, 6.45) is 5.05. The van der Waals surface area contributed by atoms with Gasteiger partial charge in [-0.15, -0.1) is 0 Å². The Bertz CT molecular complexity index is 692. The minimum Gasteiger partial charge on any atom is -0.371 e. The van der Waals surface area contributed by atoms with E-state index < -0.39 is 0 Å². The van der Waals surface area contributed by atoms with E-state index in [0.717, 1.165) is 30.6 Å². The highest BCUT2D eigenvalue weighted by Crippen LogP contribution is 2.42. The lowest BCUT2D eigenvalue weighted by atomic mass is 9.78. The number of nitrogens with zero attached hydrogens (tertiary/aromatic N) is 1. The Kier molecular flexibility index (Phi) is 4.74. The molecule has 5 nitrogen and oxygen atoms in total. The smallest absolute Gasteiger partial charge is 0.254 e. The number of aryl methyl sites for hydroxylation is 1. The molecule has 1 aromatic rings. The second-order valence-electron chi connectivity index (χ2n) is 8.22. The van der Waals surface area contributed by atoms with Gasteiger partial charge in [-0.1, -0.05) is 17.7 Å². The quantitative estimate of drug-likeness (QED) is 0.852. The van der Waals surface area contributed by atoms with Crippen molar-refractivity contribution in [1.82, 2.24) is 10.2 Å². The highest BCUT2D eigenvalue weighted by atomic mass is 16.5. The molecule has 5 heteroatoms. The third kappa shape index (κ3) is 3.63. The zero-order valence-electron chi connectivity index (χ0n) is 15.5. The van der Waals surface area contributed by atoms with Crippen LogP contribution in [0.3, 0.4) is 0 Å². The lowest BCUT2D eigenvalue weighted by Crippen LogP contribution is -2.66. The van der Waals surface area contributed by atoms with Crippen LogP contribution in [0.25, 0.3) is 0 Å². The van der Waals surface area contributed by atoms with E-state index in [1.165, 1.54) is 12.8 Å². The Morgan fingerprint density at radius 1 is 1.27 bits per heavy atom. The van der Waals surface area contributed by atoms with Gasteiger partial charge >= 0.3 is 0 Å². The lowest BCUT2D eigenvalue weighted by molar-refractivity contribution is -0.123. The highest BCUT2D eigenvalue weighted by molar-refractivity contribution is 5.95. The molecule has 3 aliphatic rings. The van der Waals surface area contributed by atoms with Gasteiger partial charge in [0.15, 0.2) is 0 Å². The van der Waals surface area contributed by atoms with Gasteiger partial charge < -0.3 is 15.0 Å². The average molecular weight is 356 g/mol. The van der Waals surface area contributed by atoms with Gasteiger partial charge in [0.25, 0.3) is 5.91 Å². The van der Waals surface area contributed by atoms with Crippen molar-refractivity contribution in [2.75, 3.05) is 26.2 Å². The summed E-state index contributed by atoms with van der Waals surface area (Å²) in [5.74, 6) is 1.32. The SMILES string of the molecule is Cc1cccc(C(=O)N2CC3(C2)OCCC3CCNC(=O)CC2CC2)c1. The van der Waals surface area contributed by atoms with Gasteiger partial charge in [0.1, 0.15) is 5.60 Å². The van der Waals surface area contributed by atoms with Gasteiger partial charge in [0.05, 0.1) is 13.1 Å². The molecule has 1 aromatic carbocycles. The Balaban J connectivity index is 1.27. The fourth-order valence-corrected chi connectivity index (χ4v) is 4.29. The van der Waals surface area contributed by atoms with Crippen LogP contribution in [0.15, 0.2) is 24.3 Å². The highest BCUT2D eigenvalue weighted by Gasteiger charge is 2.54. The molecule has 1 N–H and O–H groups in total. The third-order valence-electron chi connectivity index (χ3n) is 6.06. The minimum absolute atomic E-state index is 0.0892. The molecule has 2 heterocycles. The second-order valence-corrected chi connectivity index (χ2v) is 8.22. The monoisotopic (exact) mass is 356 g/mol. The van der Waals surface area contributed by atoms with E-state index in [4.69, 9.17) is 4.74 Å². The summed E-state index contributed by atoms with van der Waals surface area (Å²) >= 11 is 0. The molecule has 1 aliphatic carbocycles. The number of hydrogen-bond donors (Lipinski definition) is 1.